The Morgan fingerprint density at radius 3 is 2.49 bits per heavy atom. The number of ether oxygens (including phenoxy) is 1. The maximum absolute atomic E-state index is 13.5. The second-order valence-corrected chi connectivity index (χ2v) is 10.1. The number of carbonyl (C=O) groups is 1. The second-order valence-electron chi connectivity index (χ2n) is 10.1. The second kappa shape index (κ2) is 9.95. The number of pyridine rings is 1. The fraction of sp³-hybridized carbons (Fsp3) is 0.152. The SMILES string of the molecule is N#Cc1ccccc1-c1ccc(COc2c3c(nc4cc(N5CCNCC5)c(C#N)cc24)-c2cccn2C3=O)cc1. The Morgan fingerprint density at radius 2 is 1.71 bits per heavy atom. The average molecular weight is 537 g/mol. The zero-order valence-corrected chi connectivity index (χ0v) is 22.1. The summed E-state index contributed by atoms with van der Waals surface area (Å²) in [5, 5.41) is 23.5. The number of benzene rings is 3. The van der Waals surface area contributed by atoms with Gasteiger partial charge in [0.05, 0.1) is 34.1 Å². The van der Waals surface area contributed by atoms with Crippen LogP contribution in [0.3, 0.4) is 0 Å². The van der Waals surface area contributed by atoms with Crippen LogP contribution in [-0.4, -0.2) is 41.6 Å². The van der Waals surface area contributed by atoms with Gasteiger partial charge in [-0.05, 0) is 47.0 Å². The van der Waals surface area contributed by atoms with Gasteiger partial charge in [-0.15, -0.1) is 0 Å². The summed E-state index contributed by atoms with van der Waals surface area (Å²) in [5.41, 5.74) is 7.10. The van der Waals surface area contributed by atoms with E-state index in [9.17, 15) is 15.3 Å². The lowest BCUT2D eigenvalue weighted by atomic mass is 9.99. The number of hydrogen-bond acceptors (Lipinski definition) is 7. The minimum Gasteiger partial charge on any atom is -0.487 e. The van der Waals surface area contributed by atoms with Gasteiger partial charge < -0.3 is 15.0 Å². The van der Waals surface area contributed by atoms with Gasteiger partial charge in [-0.2, -0.15) is 10.5 Å². The Morgan fingerprint density at radius 1 is 0.927 bits per heavy atom. The normalized spacial score (nSPS) is 13.9. The molecule has 0 bridgehead atoms. The Bertz CT molecular complexity index is 1920. The monoisotopic (exact) mass is 536 g/mol. The number of fused-ring (bicyclic) bond motifs is 4. The maximum Gasteiger partial charge on any atom is 0.268 e. The zero-order chi connectivity index (χ0) is 27.9. The van der Waals surface area contributed by atoms with Crippen molar-refractivity contribution in [2.45, 2.75) is 6.61 Å². The molecule has 2 aliphatic rings. The smallest absolute Gasteiger partial charge is 0.268 e. The summed E-state index contributed by atoms with van der Waals surface area (Å²) < 4.78 is 8.03. The Hall–Kier alpha value is -5.44. The van der Waals surface area contributed by atoms with E-state index < -0.39 is 0 Å². The minimum absolute atomic E-state index is 0.197. The van der Waals surface area contributed by atoms with Crippen molar-refractivity contribution >= 4 is 22.5 Å². The van der Waals surface area contributed by atoms with E-state index in [-0.39, 0.29) is 12.5 Å². The molecule has 1 N–H and O–H groups in total. The number of hydrogen-bond donors (Lipinski definition) is 1. The van der Waals surface area contributed by atoms with E-state index in [1.807, 2.05) is 60.7 Å². The number of nitriles is 2. The fourth-order valence-electron chi connectivity index (χ4n) is 5.70. The van der Waals surface area contributed by atoms with Crippen LogP contribution in [0, 0.1) is 22.7 Å². The Balaban J connectivity index is 1.30. The summed E-state index contributed by atoms with van der Waals surface area (Å²) in [5.74, 6) is 0.235. The third kappa shape index (κ3) is 4.10. The fourth-order valence-corrected chi connectivity index (χ4v) is 5.70. The van der Waals surface area contributed by atoms with Crippen molar-refractivity contribution in [3.05, 3.63) is 101 Å². The van der Waals surface area contributed by atoms with E-state index in [4.69, 9.17) is 9.72 Å². The van der Waals surface area contributed by atoms with E-state index in [0.29, 0.717) is 39.0 Å². The van der Waals surface area contributed by atoms with Crippen LogP contribution >= 0.6 is 0 Å². The van der Waals surface area contributed by atoms with Gasteiger partial charge in [0.15, 0.2) is 0 Å². The van der Waals surface area contributed by atoms with Crippen LogP contribution in [0.15, 0.2) is 79.0 Å². The molecule has 0 atom stereocenters. The molecule has 198 valence electrons. The van der Waals surface area contributed by atoms with Crippen molar-refractivity contribution in [3.63, 3.8) is 0 Å². The summed E-state index contributed by atoms with van der Waals surface area (Å²) in [6.07, 6.45) is 1.73. The van der Waals surface area contributed by atoms with Crippen molar-refractivity contribution in [1.82, 2.24) is 14.9 Å². The minimum atomic E-state index is -0.197. The Kier molecular flexibility index (Phi) is 5.96. The molecule has 3 aromatic carbocycles. The van der Waals surface area contributed by atoms with Crippen molar-refractivity contribution < 1.29 is 9.53 Å². The highest BCUT2D eigenvalue weighted by atomic mass is 16.5. The van der Waals surface area contributed by atoms with Gasteiger partial charge in [0, 0.05) is 37.8 Å². The standard InChI is InChI=1S/C33H24N6O2/c34-18-23-4-1-2-5-25(23)22-9-7-21(8-10-22)20-41-32-26-16-24(19-35)29(38-14-11-36-12-15-38)17-27(26)37-31-28-6-3-13-39(28)33(40)30(31)32/h1-10,13,16-17,36H,11-12,14-15,20H2. The molecule has 0 unspecified atom stereocenters. The van der Waals surface area contributed by atoms with Gasteiger partial charge in [-0.1, -0.05) is 42.5 Å². The van der Waals surface area contributed by atoms with Crippen LogP contribution < -0.4 is 15.0 Å². The summed E-state index contributed by atoms with van der Waals surface area (Å²) in [6, 6.07) is 27.4. The van der Waals surface area contributed by atoms with Gasteiger partial charge in [-0.25, -0.2) is 4.98 Å². The van der Waals surface area contributed by atoms with Gasteiger partial charge in [-0.3, -0.25) is 9.36 Å². The molecule has 4 heterocycles. The molecule has 1 fully saturated rings. The largest absolute Gasteiger partial charge is 0.487 e. The van der Waals surface area contributed by atoms with E-state index in [1.165, 1.54) is 0 Å². The summed E-state index contributed by atoms with van der Waals surface area (Å²) >= 11 is 0. The predicted octanol–water partition coefficient (Wildman–Crippen LogP) is 5.10. The third-order valence-electron chi connectivity index (χ3n) is 7.75. The summed E-state index contributed by atoms with van der Waals surface area (Å²) in [6.45, 7) is 3.50. The predicted molar refractivity (Wildman–Crippen MR) is 156 cm³/mol. The van der Waals surface area contributed by atoms with Crippen LogP contribution in [0.1, 0.15) is 27.0 Å². The average Bonchev–Trinajstić information content (AvgIpc) is 3.62. The quantitative estimate of drug-likeness (QED) is 0.327. The molecular weight excluding hydrogens is 512 g/mol. The highest BCUT2D eigenvalue weighted by molar-refractivity contribution is 6.14. The third-order valence-corrected chi connectivity index (χ3v) is 7.75. The first-order valence-electron chi connectivity index (χ1n) is 13.5. The topological polar surface area (TPSA) is 107 Å². The first kappa shape index (κ1) is 24.6. The highest BCUT2D eigenvalue weighted by Crippen LogP contribution is 2.42. The molecule has 8 nitrogen and oxygen atoms in total. The van der Waals surface area contributed by atoms with E-state index in [0.717, 1.165) is 54.3 Å². The summed E-state index contributed by atoms with van der Waals surface area (Å²) in [4.78, 5) is 20.6. The van der Waals surface area contributed by atoms with Crippen LogP contribution in [0.5, 0.6) is 5.75 Å². The molecule has 5 aromatic rings. The van der Waals surface area contributed by atoms with Gasteiger partial charge >= 0.3 is 0 Å². The number of nitrogens with one attached hydrogen (secondary N) is 1. The maximum atomic E-state index is 13.5. The molecule has 0 amide bonds. The molecule has 2 aliphatic heterocycles. The first-order valence-corrected chi connectivity index (χ1v) is 13.5. The van der Waals surface area contributed by atoms with Crippen molar-refractivity contribution in [1.29, 1.82) is 10.5 Å². The Labute approximate surface area is 236 Å². The molecule has 2 aromatic heterocycles. The van der Waals surface area contributed by atoms with Crippen molar-refractivity contribution in [2.75, 3.05) is 31.1 Å². The van der Waals surface area contributed by atoms with E-state index in [1.54, 1.807) is 22.9 Å². The number of anilines is 1. The molecule has 8 heteroatoms. The molecular formula is C33H24N6O2. The number of rotatable bonds is 5. The molecule has 1 saturated heterocycles. The van der Waals surface area contributed by atoms with Crippen LogP contribution in [0.2, 0.25) is 0 Å². The number of carbonyl (C=O) groups excluding carboxylic acids is 1. The number of aromatic nitrogens is 2. The molecule has 0 spiro atoms. The van der Waals surface area contributed by atoms with Crippen molar-refractivity contribution in [3.8, 4) is 40.4 Å². The van der Waals surface area contributed by atoms with Crippen molar-refractivity contribution in [2.24, 2.45) is 0 Å². The highest BCUT2D eigenvalue weighted by Gasteiger charge is 2.33. The van der Waals surface area contributed by atoms with E-state index in [2.05, 4.69) is 22.4 Å². The molecule has 41 heavy (non-hydrogen) atoms. The first-order chi connectivity index (χ1) is 20.2. The van der Waals surface area contributed by atoms with Gasteiger partial charge in [0.25, 0.3) is 5.91 Å². The van der Waals surface area contributed by atoms with Crippen LogP contribution in [0.4, 0.5) is 5.69 Å². The van der Waals surface area contributed by atoms with E-state index >= 15 is 0 Å². The van der Waals surface area contributed by atoms with Crippen LogP contribution in [-0.2, 0) is 6.61 Å². The number of piperazine rings is 1. The molecule has 0 radical (unpaired) electrons. The van der Waals surface area contributed by atoms with Gasteiger partial charge in [0.1, 0.15) is 29.7 Å². The molecule has 0 aliphatic carbocycles. The van der Waals surface area contributed by atoms with Crippen LogP contribution in [0.25, 0.3) is 33.4 Å². The molecule has 7 rings (SSSR count). The summed E-state index contributed by atoms with van der Waals surface area (Å²) in [7, 11) is 0. The van der Waals surface area contributed by atoms with Gasteiger partial charge in [0.2, 0.25) is 0 Å². The lowest BCUT2D eigenvalue weighted by molar-refractivity contribution is 0.0965. The molecule has 0 saturated carbocycles. The zero-order valence-electron chi connectivity index (χ0n) is 22.1. The lowest BCUT2D eigenvalue weighted by Crippen LogP contribution is -2.43. The number of nitrogens with zero attached hydrogens (tertiary/aromatic N) is 5. The lowest BCUT2D eigenvalue weighted by Gasteiger charge is -2.30.